The molecule has 17 heavy (non-hydrogen) atoms. The van der Waals surface area contributed by atoms with Gasteiger partial charge >= 0.3 is 5.69 Å². The van der Waals surface area contributed by atoms with E-state index in [0.29, 0.717) is 5.96 Å². The maximum absolute atomic E-state index is 11.9. The molecule has 0 saturated heterocycles. The minimum absolute atomic E-state index is 0.141. The number of benzene rings is 1. The lowest BCUT2D eigenvalue weighted by Gasteiger charge is -2.05. The fourth-order valence-corrected chi connectivity index (χ4v) is 2.11. The first-order valence-corrected chi connectivity index (χ1v) is 5.67. The van der Waals surface area contributed by atoms with Crippen molar-refractivity contribution in [1.82, 2.24) is 14.9 Å². The van der Waals surface area contributed by atoms with Crippen molar-refractivity contribution in [3.63, 3.8) is 0 Å². The van der Waals surface area contributed by atoms with Crippen LogP contribution in [-0.2, 0) is 0 Å². The molecule has 0 fully saturated rings. The number of nitrogens with zero attached hydrogens (tertiary/aromatic N) is 2. The molecular formula is C12H14N4O. The lowest BCUT2D eigenvalue weighted by molar-refractivity contribution is 0.932. The Kier molecular flexibility index (Phi) is 2.07. The smallest absolute Gasteiger partial charge is 0.333 e. The molecule has 5 heteroatoms. The number of H-pyrrole nitrogens is 1. The van der Waals surface area contributed by atoms with Gasteiger partial charge in [0, 0.05) is 6.54 Å². The normalized spacial score (nSPS) is 15.1. The van der Waals surface area contributed by atoms with Crippen LogP contribution in [0.1, 0.15) is 11.1 Å². The van der Waals surface area contributed by atoms with E-state index in [1.54, 1.807) is 4.57 Å². The summed E-state index contributed by atoms with van der Waals surface area (Å²) in [7, 11) is 0. The van der Waals surface area contributed by atoms with Crippen molar-refractivity contribution < 1.29 is 0 Å². The molecule has 0 saturated carbocycles. The van der Waals surface area contributed by atoms with E-state index in [0.717, 1.165) is 24.1 Å². The third-order valence-corrected chi connectivity index (χ3v) is 3.17. The molecular weight excluding hydrogens is 216 g/mol. The summed E-state index contributed by atoms with van der Waals surface area (Å²) < 4.78 is 1.61. The highest BCUT2D eigenvalue weighted by molar-refractivity contribution is 5.93. The average Bonchev–Trinajstić information content (AvgIpc) is 2.86. The van der Waals surface area contributed by atoms with Crippen LogP contribution in [-0.4, -0.2) is 28.6 Å². The third-order valence-electron chi connectivity index (χ3n) is 3.17. The highest BCUT2D eigenvalue weighted by Gasteiger charge is 2.15. The summed E-state index contributed by atoms with van der Waals surface area (Å²) in [5, 5.41) is 3.12. The first kappa shape index (κ1) is 10.1. The molecule has 1 aliphatic rings. The maximum Gasteiger partial charge on any atom is 0.333 e. The zero-order valence-corrected chi connectivity index (χ0v) is 9.87. The van der Waals surface area contributed by atoms with E-state index in [9.17, 15) is 4.79 Å². The molecule has 1 aromatic carbocycles. The van der Waals surface area contributed by atoms with Gasteiger partial charge in [0.1, 0.15) is 0 Å². The molecule has 1 aliphatic heterocycles. The van der Waals surface area contributed by atoms with Gasteiger partial charge in [-0.05, 0) is 37.1 Å². The summed E-state index contributed by atoms with van der Waals surface area (Å²) in [6, 6.07) is 4.02. The van der Waals surface area contributed by atoms with Gasteiger partial charge in [0.05, 0.1) is 17.6 Å². The highest BCUT2D eigenvalue weighted by atomic mass is 16.1. The zero-order chi connectivity index (χ0) is 12.0. The van der Waals surface area contributed by atoms with Crippen LogP contribution in [0.4, 0.5) is 0 Å². The summed E-state index contributed by atoms with van der Waals surface area (Å²) in [5.74, 6) is 0.643. The van der Waals surface area contributed by atoms with Crippen molar-refractivity contribution in [1.29, 1.82) is 0 Å². The summed E-state index contributed by atoms with van der Waals surface area (Å²) >= 11 is 0. The molecule has 0 amide bonds. The lowest BCUT2D eigenvalue weighted by atomic mass is 10.1. The van der Waals surface area contributed by atoms with Crippen LogP contribution in [0, 0.1) is 13.8 Å². The van der Waals surface area contributed by atoms with Crippen LogP contribution in [0.3, 0.4) is 0 Å². The number of aliphatic imine (C=N–C) groups is 1. The van der Waals surface area contributed by atoms with Crippen molar-refractivity contribution in [2.24, 2.45) is 4.99 Å². The van der Waals surface area contributed by atoms with Crippen LogP contribution in [0.2, 0.25) is 0 Å². The summed E-state index contributed by atoms with van der Waals surface area (Å²) in [4.78, 5) is 19.1. The predicted molar refractivity (Wildman–Crippen MR) is 67.7 cm³/mol. The first-order valence-electron chi connectivity index (χ1n) is 5.67. The number of rotatable bonds is 0. The molecule has 0 atom stereocenters. The monoisotopic (exact) mass is 230 g/mol. The van der Waals surface area contributed by atoms with Crippen LogP contribution in [0.5, 0.6) is 0 Å². The van der Waals surface area contributed by atoms with Gasteiger partial charge in [0.25, 0.3) is 0 Å². The molecule has 0 aliphatic carbocycles. The second-order valence-corrected chi connectivity index (χ2v) is 4.35. The standard InChI is InChI=1S/C12H14N4O/c1-7-5-9-10(6-8(7)2)16(12(17)15-9)11-13-3-4-14-11/h5-6H,3-4H2,1-2H3,(H,13,14)(H,15,17). The quantitative estimate of drug-likeness (QED) is 0.701. The number of aryl methyl sites for hydroxylation is 2. The van der Waals surface area contributed by atoms with Crippen molar-refractivity contribution in [3.8, 4) is 0 Å². The van der Waals surface area contributed by atoms with Gasteiger partial charge in [-0.3, -0.25) is 4.99 Å². The first-order chi connectivity index (χ1) is 8.16. The molecule has 2 aromatic rings. The largest absolute Gasteiger partial charge is 0.354 e. The van der Waals surface area contributed by atoms with E-state index in [-0.39, 0.29) is 5.69 Å². The molecule has 0 unspecified atom stereocenters. The van der Waals surface area contributed by atoms with E-state index in [2.05, 4.69) is 15.3 Å². The summed E-state index contributed by atoms with van der Waals surface area (Å²) in [6.07, 6.45) is 0. The van der Waals surface area contributed by atoms with Crippen molar-refractivity contribution in [3.05, 3.63) is 33.7 Å². The van der Waals surface area contributed by atoms with Crippen molar-refractivity contribution in [2.75, 3.05) is 13.1 Å². The second-order valence-electron chi connectivity index (χ2n) is 4.35. The Balaban J connectivity index is 2.34. The van der Waals surface area contributed by atoms with Gasteiger partial charge in [-0.2, -0.15) is 0 Å². The number of aromatic amines is 1. The van der Waals surface area contributed by atoms with E-state index >= 15 is 0 Å². The number of hydrogen-bond acceptors (Lipinski definition) is 3. The Hall–Kier alpha value is -2.04. The fraction of sp³-hybridized carbons (Fsp3) is 0.333. The maximum atomic E-state index is 11.9. The fourth-order valence-electron chi connectivity index (χ4n) is 2.11. The van der Waals surface area contributed by atoms with Gasteiger partial charge in [0.2, 0.25) is 5.96 Å². The number of aromatic nitrogens is 2. The van der Waals surface area contributed by atoms with E-state index in [1.165, 1.54) is 11.1 Å². The van der Waals surface area contributed by atoms with Gasteiger partial charge in [0.15, 0.2) is 0 Å². The Bertz CT molecular complexity index is 678. The van der Waals surface area contributed by atoms with Crippen LogP contribution < -0.4 is 11.0 Å². The van der Waals surface area contributed by atoms with E-state index < -0.39 is 0 Å². The SMILES string of the molecule is Cc1cc2[nH]c(=O)n(C3=NCCN3)c2cc1C. The second kappa shape index (κ2) is 3.48. The number of hydrogen-bond donors (Lipinski definition) is 2. The van der Waals surface area contributed by atoms with Gasteiger partial charge < -0.3 is 10.3 Å². The Morgan fingerprint density at radius 1 is 1.29 bits per heavy atom. The average molecular weight is 230 g/mol. The third kappa shape index (κ3) is 1.46. The number of nitrogens with one attached hydrogen (secondary N) is 2. The van der Waals surface area contributed by atoms with Gasteiger partial charge in [-0.25, -0.2) is 9.36 Å². The topological polar surface area (TPSA) is 62.2 Å². The van der Waals surface area contributed by atoms with Gasteiger partial charge in [-0.15, -0.1) is 0 Å². The Labute approximate surface area is 98.2 Å². The van der Waals surface area contributed by atoms with Crippen molar-refractivity contribution >= 4 is 17.0 Å². The Morgan fingerprint density at radius 3 is 2.76 bits per heavy atom. The molecule has 0 radical (unpaired) electrons. The summed E-state index contributed by atoms with van der Waals surface area (Å²) in [5.41, 5.74) is 3.94. The minimum Gasteiger partial charge on any atom is -0.354 e. The molecule has 3 rings (SSSR count). The minimum atomic E-state index is -0.141. The summed E-state index contributed by atoms with van der Waals surface area (Å²) in [6.45, 7) is 5.59. The molecule has 2 N–H and O–H groups in total. The van der Waals surface area contributed by atoms with E-state index in [4.69, 9.17) is 0 Å². The molecule has 2 heterocycles. The van der Waals surface area contributed by atoms with Crippen LogP contribution in [0.25, 0.3) is 11.0 Å². The number of fused-ring (bicyclic) bond motifs is 1. The van der Waals surface area contributed by atoms with Crippen LogP contribution >= 0.6 is 0 Å². The number of imidazole rings is 1. The Morgan fingerprint density at radius 2 is 2.06 bits per heavy atom. The highest BCUT2D eigenvalue weighted by Crippen LogP contribution is 2.16. The molecule has 0 spiro atoms. The van der Waals surface area contributed by atoms with Crippen LogP contribution in [0.15, 0.2) is 21.9 Å². The van der Waals surface area contributed by atoms with Gasteiger partial charge in [-0.1, -0.05) is 0 Å². The zero-order valence-electron chi connectivity index (χ0n) is 9.87. The molecule has 5 nitrogen and oxygen atoms in total. The van der Waals surface area contributed by atoms with Crippen molar-refractivity contribution in [2.45, 2.75) is 13.8 Å². The molecule has 0 bridgehead atoms. The molecule has 88 valence electrons. The molecule has 1 aromatic heterocycles. The lowest BCUT2D eigenvalue weighted by Crippen LogP contribution is -2.33. The van der Waals surface area contributed by atoms with E-state index in [1.807, 2.05) is 26.0 Å². The predicted octanol–water partition coefficient (Wildman–Crippen LogP) is 0.754.